The lowest BCUT2D eigenvalue weighted by Crippen LogP contribution is -2.38. The van der Waals surface area contributed by atoms with Gasteiger partial charge < -0.3 is 0 Å². The number of amides is 1. The van der Waals surface area contributed by atoms with E-state index >= 15 is 0 Å². The molecule has 0 unspecified atom stereocenters. The average Bonchev–Trinajstić information content (AvgIpc) is 2.49. The Bertz CT molecular complexity index is 830. The van der Waals surface area contributed by atoms with Crippen LogP contribution in [0, 0.1) is 6.92 Å². The molecule has 0 saturated heterocycles. The Morgan fingerprint density at radius 2 is 1.87 bits per heavy atom. The molecule has 5 nitrogen and oxygen atoms in total. The van der Waals surface area contributed by atoms with Crippen molar-refractivity contribution < 1.29 is 13.2 Å². The second-order valence-corrected chi connectivity index (χ2v) is 7.07. The Hall–Kier alpha value is -2.47. The molecule has 0 fully saturated rings. The van der Waals surface area contributed by atoms with E-state index in [0.717, 1.165) is 4.31 Å². The summed E-state index contributed by atoms with van der Waals surface area (Å²) in [5.74, 6) is -0.932. The molecule has 0 saturated carbocycles. The molecule has 0 aliphatic rings. The van der Waals surface area contributed by atoms with Gasteiger partial charge in [-0.05, 0) is 31.0 Å². The number of nitrogens with zero attached hydrogens (tertiary/aromatic N) is 2. The number of rotatable bonds is 5. The highest BCUT2D eigenvalue weighted by Gasteiger charge is 2.31. The summed E-state index contributed by atoms with van der Waals surface area (Å²) in [6.45, 7) is 6.79. The van der Waals surface area contributed by atoms with Crippen LogP contribution < -0.4 is 4.31 Å². The van der Waals surface area contributed by atoms with Gasteiger partial charge in [0.25, 0.3) is 5.91 Å². The Labute approximate surface area is 136 Å². The molecular formula is C17H18N2O3S. The minimum atomic E-state index is -3.91. The van der Waals surface area contributed by atoms with Gasteiger partial charge in [-0.15, -0.1) is 0 Å². The molecule has 0 radical (unpaired) electrons. The van der Waals surface area contributed by atoms with E-state index in [2.05, 4.69) is 11.6 Å². The number of sulfonamides is 1. The topological polar surface area (TPSA) is 67.3 Å². The molecule has 0 aliphatic heterocycles. The minimum Gasteiger partial charge on any atom is -0.268 e. The number of aromatic nitrogens is 1. The van der Waals surface area contributed by atoms with Crippen LogP contribution in [0.25, 0.3) is 0 Å². The second-order valence-electron chi connectivity index (χ2n) is 5.25. The summed E-state index contributed by atoms with van der Waals surface area (Å²) in [6, 6.07) is 10.4. The average molecular weight is 330 g/mol. The predicted octanol–water partition coefficient (Wildman–Crippen LogP) is 2.83. The van der Waals surface area contributed by atoms with Crippen LogP contribution in [0.2, 0.25) is 0 Å². The lowest BCUT2D eigenvalue weighted by atomic mass is 10.2. The molecule has 23 heavy (non-hydrogen) atoms. The van der Waals surface area contributed by atoms with Gasteiger partial charge in [0.2, 0.25) is 10.0 Å². The molecule has 1 amide bonds. The summed E-state index contributed by atoms with van der Waals surface area (Å²) >= 11 is 0. The van der Waals surface area contributed by atoms with Gasteiger partial charge in [0, 0.05) is 11.8 Å². The van der Waals surface area contributed by atoms with Crippen LogP contribution in [-0.4, -0.2) is 19.3 Å². The van der Waals surface area contributed by atoms with E-state index in [9.17, 15) is 13.2 Å². The monoisotopic (exact) mass is 330 g/mol. The van der Waals surface area contributed by atoms with E-state index < -0.39 is 15.9 Å². The Morgan fingerprint density at radius 1 is 1.22 bits per heavy atom. The van der Waals surface area contributed by atoms with Gasteiger partial charge in [0.15, 0.2) is 0 Å². The van der Waals surface area contributed by atoms with E-state index in [1.54, 1.807) is 49.5 Å². The predicted molar refractivity (Wildman–Crippen MR) is 90.3 cm³/mol. The van der Waals surface area contributed by atoms with E-state index in [4.69, 9.17) is 0 Å². The molecule has 1 aromatic carbocycles. The zero-order valence-electron chi connectivity index (χ0n) is 13.1. The standard InChI is InChI=1S/C17H18N2O3S/c1-13(2)17(20)19(16-11-18-10-9-14(16)3)23(21,22)12-15-7-5-4-6-8-15/h4-11H,1,12H2,2-3H3. The third kappa shape index (κ3) is 3.84. The number of carbonyl (C=O) groups is 1. The summed E-state index contributed by atoms with van der Waals surface area (Å²) in [6.07, 6.45) is 2.92. The molecule has 0 spiro atoms. The summed E-state index contributed by atoms with van der Waals surface area (Å²) in [5, 5.41) is 0. The van der Waals surface area contributed by atoms with Crippen molar-refractivity contribution in [3.8, 4) is 0 Å². The van der Waals surface area contributed by atoms with Crippen molar-refractivity contribution in [2.75, 3.05) is 4.31 Å². The Morgan fingerprint density at radius 3 is 2.43 bits per heavy atom. The maximum atomic E-state index is 12.8. The fraction of sp³-hybridized carbons (Fsp3) is 0.176. The first-order valence-corrected chi connectivity index (χ1v) is 8.61. The molecule has 120 valence electrons. The highest BCUT2D eigenvalue weighted by Crippen LogP contribution is 2.25. The van der Waals surface area contributed by atoms with Gasteiger partial charge in [0.05, 0.1) is 17.6 Å². The van der Waals surface area contributed by atoms with Gasteiger partial charge in [-0.3, -0.25) is 9.78 Å². The third-order valence-corrected chi connectivity index (χ3v) is 4.87. The van der Waals surface area contributed by atoms with Crippen LogP contribution in [0.5, 0.6) is 0 Å². The molecule has 1 aromatic heterocycles. The molecule has 6 heteroatoms. The number of benzene rings is 1. The maximum absolute atomic E-state index is 12.8. The van der Waals surface area contributed by atoms with Gasteiger partial charge >= 0.3 is 0 Å². The van der Waals surface area contributed by atoms with Crippen molar-refractivity contribution in [3.05, 3.63) is 72.1 Å². The zero-order valence-corrected chi connectivity index (χ0v) is 13.9. The Kier molecular flexibility index (Phi) is 4.95. The van der Waals surface area contributed by atoms with Crippen molar-refractivity contribution in [1.82, 2.24) is 4.98 Å². The van der Waals surface area contributed by atoms with E-state index in [1.165, 1.54) is 13.1 Å². The largest absolute Gasteiger partial charge is 0.268 e. The third-order valence-electron chi connectivity index (χ3n) is 3.25. The highest BCUT2D eigenvalue weighted by atomic mass is 32.2. The lowest BCUT2D eigenvalue weighted by Gasteiger charge is -2.23. The number of hydrogen-bond acceptors (Lipinski definition) is 4. The number of hydrogen-bond donors (Lipinski definition) is 0. The summed E-state index contributed by atoms with van der Waals surface area (Å²) in [5.41, 5.74) is 1.64. The van der Waals surface area contributed by atoms with Crippen LogP contribution in [0.3, 0.4) is 0 Å². The molecule has 0 bridgehead atoms. The van der Waals surface area contributed by atoms with Crippen LogP contribution in [0.15, 0.2) is 60.9 Å². The molecule has 0 N–H and O–H groups in total. The summed E-state index contributed by atoms with van der Waals surface area (Å²) < 4.78 is 26.5. The van der Waals surface area contributed by atoms with Crippen LogP contribution in [0.4, 0.5) is 5.69 Å². The van der Waals surface area contributed by atoms with E-state index in [-0.39, 0.29) is 17.0 Å². The summed E-state index contributed by atoms with van der Waals surface area (Å²) in [7, 11) is -3.91. The molecule has 2 aromatic rings. The summed E-state index contributed by atoms with van der Waals surface area (Å²) in [4.78, 5) is 16.4. The minimum absolute atomic E-state index is 0.143. The normalized spacial score (nSPS) is 11.0. The first kappa shape index (κ1) is 16.9. The molecule has 0 aliphatic carbocycles. The fourth-order valence-corrected chi connectivity index (χ4v) is 3.72. The van der Waals surface area contributed by atoms with E-state index in [1.807, 2.05) is 0 Å². The highest BCUT2D eigenvalue weighted by molar-refractivity contribution is 7.92. The number of anilines is 1. The fourth-order valence-electron chi connectivity index (χ4n) is 2.08. The first-order chi connectivity index (χ1) is 10.8. The van der Waals surface area contributed by atoms with Gasteiger partial charge in [-0.25, -0.2) is 12.7 Å². The maximum Gasteiger partial charge on any atom is 0.267 e. The zero-order chi connectivity index (χ0) is 17.0. The SMILES string of the molecule is C=C(C)C(=O)N(c1cnccc1C)S(=O)(=O)Cc1ccccc1. The number of aryl methyl sites for hydroxylation is 1. The van der Waals surface area contributed by atoms with Crippen molar-refractivity contribution in [3.63, 3.8) is 0 Å². The van der Waals surface area contributed by atoms with Crippen molar-refractivity contribution in [2.45, 2.75) is 19.6 Å². The van der Waals surface area contributed by atoms with Gasteiger partial charge in [0.1, 0.15) is 0 Å². The van der Waals surface area contributed by atoms with Crippen molar-refractivity contribution in [2.24, 2.45) is 0 Å². The molecule has 0 atom stereocenters. The van der Waals surface area contributed by atoms with Gasteiger partial charge in [-0.2, -0.15) is 0 Å². The first-order valence-electron chi connectivity index (χ1n) is 7.00. The van der Waals surface area contributed by atoms with E-state index in [0.29, 0.717) is 11.1 Å². The quantitative estimate of drug-likeness (QED) is 0.791. The smallest absolute Gasteiger partial charge is 0.267 e. The van der Waals surface area contributed by atoms with Crippen LogP contribution >= 0.6 is 0 Å². The number of carbonyl (C=O) groups excluding carboxylic acids is 1. The molecule has 1 heterocycles. The van der Waals surface area contributed by atoms with Crippen LogP contribution in [0.1, 0.15) is 18.1 Å². The van der Waals surface area contributed by atoms with Gasteiger partial charge in [-0.1, -0.05) is 36.9 Å². The second kappa shape index (κ2) is 6.75. The lowest BCUT2D eigenvalue weighted by molar-refractivity contribution is -0.114. The Balaban J connectivity index is 2.51. The molecule has 2 rings (SSSR count). The van der Waals surface area contributed by atoms with Crippen molar-refractivity contribution >= 4 is 21.6 Å². The van der Waals surface area contributed by atoms with Crippen molar-refractivity contribution in [1.29, 1.82) is 0 Å². The molecular weight excluding hydrogens is 312 g/mol. The van der Waals surface area contributed by atoms with Crippen LogP contribution in [-0.2, 0) is 20.6 Å². The number of pyridine rings is 1.